The molecule has 0 radical (unpaired) electrons. The number of phenols is 1. The first-order valence-corrected chi connectivity index (χ1v) is 16.6. The first kappa shape index (κ1) is 30.9. The molecule has 6 nitrogen and oxygen atoms in total. The molecule has 3 aromatic carbocycles. The lowest BCUT2D eigenvalue weighted by Gasteiger charge is -2.39. The number of hydrogen-bond acceptors (Lipinski definition) is 6. The fraction of sp³-hybridized carbons (Fsp3) is 0.441. The van der Waals surface area contributed by atoms with Crippen LogP contribution < -0.4 is 5.73 Å². The number of benzene rings is 3. The summed E-state index contributed by atoms with van der Waals surface area (Å²) in [5, 5.41) is 11.2. The van der Waals surface area contributed by atoms with Gasteiger partial charge in [0, 0.05) is 54.8 Å². The van der Waals surface area contributed by atoms with E-state index in [4.69, 9.17) is 17.3 Å². The van der Waals surface area contributed by atoms with E-state index < -0.39 is 6.04 Å². The highest BCUT2D eigenvalue weighted by atomic mass is 35.5. The van der Waals surface area contributed by atoms with Crippen molar-refractivity contribution in [1.29, 1.82) is 0 Å². The number of likely N-dealkylation sites (tertiary alicyclic amines) is 1. The summed E-state index contributed by atoms with van der Waals surface area (Å²) in [6.07, 6.45) is 2.82. The summed E-state index contributed by atoms with van der Waals surface area (Å²) in [5.41, 5.74) is 11.3. The molecule has 8 heteroatoms. The fourth-order valence-electron chi connectivity index (χ4n) is 6.25. The summed E-state index contributed by atoms with van der Waals surface area (Å²) in [5.74, 6) is 1.62. The molecule has 2 fully saturated rings. The molecule has 0 unspecified atom stereocenters. The number of phenolic OH excluding ortho intramolecular Hbond substituents is 1. The van der Waals surface area contributed by atoms with Gasteiger partial charge < -0.3 is 20.6 Å². The molecule has 0 aromatic heterocycles. The van der Waals surface area contributed by atoms with Crippen molar-refractivity contribution in [2.75, 3.05) is 51.6 Å². The third-order valence-corrected chi connectivity index (χ3v) is 9.97. The summed E-state index contributed by atoms with van der Waals surface area (Å²) in [6.45, 7) is 8.64. The first-order chi connectivity index (χ1) is 20.4. The van der Waals surface area contributed by atoms with E-state index in [0.29, 0.717) is 25.4 Å². The Balaban J connectivity index is 1.08. The van der Waals surface area contributed by atoms with Gasteiger partial charge in [0.1, 0.15) is 5.75 Å². The Morgan fingerprint density at radius 2 is 1.71 bits per heavy atom. The molecular formula is C34H43ClN4O2S. The number of amides is 1. The summed E-state index contributed by atoms with van der Waals surface area (Å²) < 4.78 is 0. The second kappa shape index (κ2) is 14.8. The number of aromatic hydroxyl groups is 1. The molecular weight excluding hydrogens is 564 g/mol. The minimum absolute atomic E-state index is 0.0873. The maximum atomic E-state index is 13.4. The van der Waals surface area contributed by atoms with Crippen molar-refractivity contribution in [2.45, 2.75) is 43.7 Å². The maximum absolute atomic E-state index is 13.4. The number of piperazine rings is 1. The Bertz CT molecular complexity index is 1320. The van der Waals surface area contributed by atoms with Crippen LogP contribution in [0, 0.1) is 5.92 Å². The second-order valence-electron chi connectivity index (χ2n) is 11.4. The average Bonchev–Trinajstić information content (AvgIpc) is 3.02. The predicted molar refractivity (Wildman–Crippen MR) is 174 cm³/mol. The molecule has 3 aromatic rings. The molecule has 1 atom stereocenters. The molecule has 224 valence electrons. The third kappa shape index (κ3) is 7.69. The number of rotatable bonds is 10. The summed E-state index contributed by atoms with van der Waals surface area (Å²) in [4.78, 5) is 21.3. The number of nitrogens with zero attached hydrogens (tertiary/aromatic N) is 3. The van der Waals surface area contributed by atoms with Gasteiger partial charge in [-0.3, -0.25) is 9.69 Å². The van der Waals surface area contributed by atoms with Gasteiger partial charge in [0.05, 0.1) is 6.04 Å². The largest absolute Gasteiger partial charge is 0.508 e. The van der Waals surface area contributed by atoms with Crippen LogP contribution in [-0.4, -0.2) is 83.3 Å². The van der Waals surface area contributed by atoms with E-state index in [1.807, 2.05) is 23.1 Å². The molecule has 2 aliphatic heterocycles. The normalized spacial score (nSPS) is 17.8. The van der Waals surface area contributed by atoms with Gasteiger partial charge in [0.15, 0.2) is 0 Å². The van der Waals surface area contributed by atoms with Crippen molar-refractivity contribution in [3.8, 4) is 16.9 Å². The number of thioether (sulfide) groups is 1. The topological polar surface area (TPSA) is 73.0 Å². The Labute approximate surface area is 259 Å². The number of carbonyl (C=O) groups excluding carboxylic acids is 1. The lowest BCUT2D eigenvalue weighted by molar-refractivity contribution is -0.136. The molecule has 1 amide bonds. The van der Waals surface area contributed by atoms with Crippen LogP contribution in [0.4, 0.5) is 0 Å². The Morgan fingerprint density at radius 1 is 0.976 bits per heavy atom. The smallest absolute Gasteiger partial charge is 0.239 e. The van der Waals surface area contributed by atoms with Crippen LogP contribution in [-0.2, 0) is 17.8 Å². The van der Waals surface area contributed by atoms with E-state index in [0.717, 1.165) is 73.2 Å². The van der Waals surface area contributed by atoms with Crippen molar-refractivity contribution in [1.82, 2.24) is 14.7 Å². The molecule has 0 saturated carbocycles. The Hall–Kier alpha value is -2.55. The van der Waals surface area contributed by atoms with Crippen molar-refractivity contribution < 1.29 is 9.90 Å². The van der Waals surface area contributed by atoms with Crippen molar-refractivity contribution >= 4 is 29.3 Å². The lowest BCUT2D eigenvalue weighted by Crippen LogP contribution is -2.55. The van der Waals surface area contributed by atoms with Crippen molar-refractivity contribution in [3.63, 3.8) is 0 Å². The second-order valence-corrected chi connectivity index (χ2v) is 13.2. The van der Waals surface area contributed by atoms with Crippen LogP contribution >= 0.6 is 23.4 Å². The van der Waals surface area contributed by atoms with Gasteiger partial charge >= 0.3 is 0 Å². The summed E-state index contributed by atoms with van der Waals surface area (Å²) in [6, 6.07) is 22.0. The van der Waals surface area contributed by atoms with Crippen LogP contribution in [0.25, 0.3) is 11.1 Å². The fourth-order valence-corrected chi connectivity index (χ4v) is 7.27. The average molecular weight is 607 g/mol. The third-order valence-electron chi connectivity index (χ3n) is 8.75. The molecule has 42 heavy (non-hydrogen) atoms. The van der Waals surface area contributed by atoms with Gasteiger partial charge in [-0.1, -0.05) is 61.0 Å². The highest BCUT2D eigenvalue weighted by Crippen LogP contribution is 2.31. The minimum atomic E-state index is -0.443. The van der Waals surface area contributed by atoms with Crippen LogP contribution in [0.3, 0.4) is 0 Å². The Kier molecular flexibility index (Phi) is 10.9. The van der Waals surface area contributed by atoms with E-state index in [-0.39, 0.29) is 11.8 Å². The number of nitrogens with two attached hydrogens (primary N) is 1. The van der Waals surface area contributed by atoms with Crippen molar-refractivity contribution in [2.24, 2.45) is 11.7 Å². The zero-order valence-corrected chi connectivity index (χ0v) is 26.1. The van der Waals surface area contributed by atoms with Crippen LogP contribution in [0.15, 0.2) is 71.6 Å². The van der Waals surface area contributed by atoms with Gasteiger partial charge in [-0.25, -0.2) is 0 Å². The van der Waals surface area contributed by atoms with E-state index in [1.54, 1.807) is 17.8 Å². The number of piperidine rings is 1. The molecule has 0 bridgehead atoms. The molecule has 0 aliphatic carbocycles. The molecule has 2 heterocycles. The van der Waals surface area contributed by atoms with E-state index >= 15 is 0 Å². The van der Waals surface area contributed by atoms with E-state index in [2.05, 4.69) is 59.2 Å². The standard InChI is InChI=1S/C34H43ClN4O2S/c1-2-42-32-10-6-9-31(40)30(32)24-38-19-21-39(22-20-38)34(41)33(36)26-13-16-37(17-14-26)18-15-27-23-28(35)11-12-29(27)25-7-4-3-5-8-25/h3-12,23,26,33,40H,2,13-22,24,36H2,1H3/t33-/m1/s1. The van der Waals surface area contributed by atoms with Gasteiger partial charge in [-0.05, 0) is 85.0 Å². The van der Waals surface area contributed by atoms with Crippen LogP contribution in [0.2, 0.25) is 5.02 Å². The van der Waals surface area contributed by atoms with Crippen LogP contribution in [0.5, 0.6) is 5.75 Å². The van der Waals surface area contributed by atoms with Crippen molar-refractivity contribution in [3.05, 3.63) is 82.9 Å². The molecule has 3 N–H and O–H groups in total. The maximum Gasteiger partial charge on any atom is 0.239 e. The van der Waals surface area contributed by atoms with Gasteiger partial charge in [0.25, 0.3) is 0 Å². The molecule has 0 spiro atoms. The SMILES string of the molecule is CCSc1cccc(O)c1CN1CCN(C(=O)[C@H](N)C2CCN(CCc3cc(Cl)ccc3-c3ccccc3)CC2)CC1. The van der Waals surface area contributed by atoms with Gasteiger partial charge in [-0.2, -0.15) is 0 Å². The zero-order chi connectivity index (χ0) is 29.5. The highest BCUT2D eigenvalue weighted by molar-refractivity contribution is 7.99. The molecule has 5 rings (SSSR count). The van der Waals surface area contributed by atoms with Gasteiger partial charge in [0.2, 0.25) is 5.91 Å². The first-order valence-electron chi connectivity index (χ1n) is 15.2. The zero-order valence-electron chi connectivity index (χ0n) is 24.6. The summed E-state index contributed by atoms with van der Waals surface area (Å²) in [7, 11) is 0. The number of hydrogen-bond donors (Lipinski definition) is 2. The molecule has 2 aliphatic rings. The molecule has 2 saturated heterocycles. The quantitative estimate of drug-likeness (QED) is 0.286. The monoisotopic (exact) mass is 606 g/mol. The minimum Gasteiger partial charge on any atom is -0.508 e. The lowest BCUT2D eigenvalue weighted by atomic mass is 9.88. The highest BCUT2D eigenvalue weighted by Gasteiger charge is 2.33. The predicted octanol–water partition coefficient (Wildman–Crippen LogP) is 5.75. The summed E-state index contributed by atoms with van der Waals surface area (Å²) >= 11 is 8.12. The number of halogens is 1. The van der Waals surface area contributed by atoms with E-state index in [1.165, 1.54) is 16.7 Å². The van der Waals surface area contributed by atoms with E-state index in [9.17, 15) is 9.90 Å². The Morgan fingerprint density at radius 3 is 2.43 bits per heavy atom. The van der Waals surface area contributed by atoms with Crippen LogP contribution in [0.1, 0.15) is 30.9 Å². The van der Waals surface area contributed by atoms with Gasteiger partial charge in [-0.15, -0.1) is 11.8 Å². The number of carbonyl (C=O) groups is 1.